The molecule has 0 saturated heterocycles. The Morgan fingerprint density at radius 1 is 1.42 bits per heavy atom. The second-order valence-corrected chi connectivity index (χ2v) is 4.23. The molecule has 0 aliphatic rings. The second kappa shape index (κ2) is 4.68. The topological polar surface area (TPSA) is 107 Å². The number of nitrogens with zero attached hydrogens (tertiary/aromatic N) is 4. The first-order valence-corrected chi connectivity index (χ1v) is 5.87. The van der Waals surface area contributed by atoms with Crippen LogP contribution in [0.15, 0.2) is 6.07 Å². The summed E-state index contributed by atoms with van der Waals surface area (Å²) in [5.41, 5.74) is 7.79. The Hall–Kier alpha value is -2.44. The largest absolute Gasteiger partial charge is 0.477 e. The van der Waals surface area contributed by atoms with Gasteiger partial charge in [-0.2, -0.15) is 10.1 Å². The van der Waals surface area contributed by atoms with Crippen molar-refractivity contribution in [3.8, 4) is 5.95 Å². The summed E-state index contributed by atoms with van der Waals surface area (Å²) < 4.78 is 1.55. The Morgan fingerprint density at radius 3 is 2.58 bits per heavy atom. The van der Waals surface area contributed by atoms with Gasteiger partial charge in [-0.25, -0.2) is 14.5 Å². The van der Waals surface area contributed by atoms with Crippen LogP contribution in [0.1, 0.15) is 34.4 Å². The highest BCUT2D eigenvalue weighted by molar-refractivity contribution is 5.93. The fourth-order valence-electron chi connectivity index (χ4n) is 1.93. The highest BCUT2D eigenvalue weighted by atomic mass is 16.4. The van der Waals surface area contributed by atoms with Crippen molar-refractivity contribution in [2.75, 3.05) is 5.73 Å². The number of carbonyl (C=O) groups is 1. The molecule has 7 nitrogen and oxygen atoms in total. The highest BCUT2D eigenvalue weighted by Gasteiger charge is 2.19. The number of nitrogen functional groups attached to an aromatic ring is 1. The molecule has 0 amide bonds. The number of hydrogen-bond acceptors (Lipinski definition) is 5. The van der Waals surface area contributed by atoms with E-state index in [1.54, 1.807) is 4.68 Å². The van der Waals surface area contributed by atoms with Crippen molar-refractivity contribution >= 4 is 11.8 Å². The quantitative estimate of drug-likeness (QED) is 0.857. The molecule has 2 heterocycles. The molecule has 0 aromatic carbocycles. The predicted molar refractivity (Wildman–Crippen MR) is 69.4 cm³/mol. The van der Waals surface area contributed by atoms with Crippen LogP contribution in [0.5, 0.6) is 0 Å². The molecule has 0 aliphatic heterocycles. The van der Waals surface area contributed by atoms with Crippen molar-refractivity contribution in [2.45, 2.75) is 27.2 Å². The van der Waals surface area contributed by atoms with Crippen LogP contribution in [-0.2, 0) is 6.42 Å². The molecule has 7 heteroatoms. The van der Waals surface area contributed by atoms with E-state index in [2.05, 4.69) is 15.1 Å². The second-order valence-electron chi connectivity index (χ2n) is 4.23. The van der Waals surface area contributed by atoms with Gasteiger partial charge in [0.1, 0.15) is 11.4 Å². The maximum Gasteiger partial charge on any atom is 0.341 e. The van der Waals surface area contributed by atoms with E-state index in [-0.39, 0.29) is 11.4 Å². The number of aryl methyl sites for hydroxylation is 3. The number of carboxylic acid groups (broad SMARTS) is 1. The molecule has 2 aromatic rings. The molecule has 2 aromatic heterocycles. The molecule has 0 unspecified atom stereocenters. The van der Waals surface area contributed by atoms with Crippen molar-refractivity contribution in [1.29, 1.82) is 0 Å². The number of anilines is 1. The van der Waals surface area contributed by atoms with Crippen molar-refractivity contribution in [3.05, 3.63) is 28.7 Å². The van der Waals surface area contributed by atoms with E-state index in [4.69, 9.17) is 10.8 Å². The van der Waals surface area contributed by atoms with E-state index in [0.29, 0.717) is 18.1 Å². The number of aromatic carboxylic acids is 1. The Labute approximate surface area is 110 Å². The minimum Gasteiger partial charge on any atom is -0.477 e. The lowest BCUT2D eigenvalue weighted by molar-refractivity contribution is 0.0696. The number of hydrogen-bond donors (Lipinski definition) is 2. The van der Waals surface area contributed by atoms with Gasteiger partial charge >= 0.3 is 5.97 Å². The molecule has 2 rings (SSSR count). The van der Waals surface area contributed by atoms with Crippen molar-refractivity contribution in [3.63, 3.8) is 0 Å². The average Bonchev–Trinajstić information content (AvgIpc) is 2.66. The van der Waals surface area contributed by atoms with Crippen LogP contribution in [0.4, 0.5) is 5.82 Å². The number of nitrogens with two attached hydrogens (primary N) is 1. The van der Waals surface area contributed by atoms with Crippen molar-refractivity contribution < 1.29 is 9.90 Å². The maximum absolute atomic E-state index is 11.1. The van der Waals surface area contributed by atoms with Gasteiger partial charge in [-0.1, -0.05) is 6.92 Å². The van der Waals surface area contributed by atoms with Crippen LogP contribution in [0.25, 0.3) is 5.95 Å². The fourth-order valence-corrected chi connectivity index (χ4v) is 1.93. The molecule has 0 saturated carbocycles. The molecular weight excluding hydrogens is 246 g/mol. The normalized spacial score (nSPS) is 10.7. The molecule has 0 radical (unpaired) electrons. The van der Waals surface area contributed by atoms with Gasteiger partial charge in [0.25, 0.3) is 5.95 Å². The Balaban J connectivity index is 2.64. The monoisotopic (exact) mass is 261 g/mol. The van der Waals surface area contributed by atoms with Crippen LogP contribution >= 0.6 is 0 Å². The van der Waals surface area contributed by atoms with E-state index in [1.807, 2.05) is 26.8 Å². The lowest BCUT2D eigenvalue weighted by Crippen LogP contribution is -2.15. The minimum atomic E-state index is -1.12. The molecule has 100 valence electrons. The van der Waals surface area contributed by atoms with E-state index in [9.17, 15) is 4.79 Å². The predicted octanol–water partition coefficient (Wildman–Crippen LogP) is 1.12. The molecule has 0 bridgehead atoms. The Kier molecular flexibility index (Phi) is 3.20. The van der Waals surface area contributed by atoms with Crippen LogP contribution in [0.2, 0.25) is 0 Å². The smallest absolute Gasteiger partial charge is 0.341 e. The highest BCUT2D eigenvalue weighted by Crippen LogP contribution is 2.17. The molecule has 0 aliphatic carbocycles. The zero-order valence-corrected chi connectivity index (χ0v) is 11.0. The Morgan fingerprint density at radius 2 is 2.11 bits per heavy atom. The van der Waals surface area contributed by atoms with Crippen molar-refractivity contribution in [1.82, 2.24) is 19.7 Å². The fraction of sp³-hybridized carbons (Fsp3) is 0.333. The number of carboxylic acids is 1. The third kappa shape index (κ3) is 2.26. The van der Waals surface area contributed by atoms with E-state index in [0.717, 1.165) is 11.4 Å². The van der Waals surface area contributed by atoms with Gasteiger partial charge in [-0.3, -0.25) is 0 Å². The van der Waals surface area contributed by atoms with E-state index < -0.39 is 5.97 Å². The molecule has 0 fully saturated rings. The zero-order chi connectivity index (χ0) is 14.2. The van der Waals surface area contributed by atoms with Crippen LogP contribution in [0.3, 0.4) is 0 Å². The summed E-state index contributed by atoms with van der Waals surface area (Å²) in [5, 5.41) is 13.4. The first-order valence-electron chi connectivity index (χ1n) is 5.87. The van der Waals surface area contributed by atoms with Gasteiger partial charge in [0.05, 0.1) is 11.4 Å². The number of aromatic nitrogens is 4. The van der Waals surface area contributed by atoms with Gasteiger partial charge in [0.2, 0.25) is 0 Å². The molecule has 3 N–H and O–H groups in total. The SMILES string of the molecule is CCc1nc(-n2nc(C)cc2C)nc(N)c1C(=O)O. The number of rotatable bonds is 3. The molecule has 0 spiro atoms. The van der Waals surface area contributed by atoms with Gasteiger partial charge in [0.15, 0.2) is 0 Å². The lowest BCUT2D eigenvalue weighted by Gasteiger charge is -2.09. The first kappa shape index (κ1) is 13.0. The third-order valence-electron chi connectivity index (χ3n) is 2.75. The van der Waals surface area contributed by atoms with Gasteiger partial charge in [-0.05, 0) is 26.3 Å². The first-order chi connectivity index (χ1) is 8.93. The standard InChI is InChI=1S/C12H15N5O2/c1-4-8-9(11(18)19)10(13)15-12(14-8)17-7(3)5-6(2)16-17/h5H,4H2,1-3H3,(H,18,19)(H2,13,14,15). The summed E-state index contributed by atoms with van der Waals surface area (Å²) in [4.78, 5) is 19.4. The summed E-state index contributed by atoms with van der Waals surface area (Å²) in [5.74, 6) is -0.860. The van der Waals surface area contributed by atoms with E-state index >= 15 is 0 Å². The average molecular weight is 261 g/mol. The summed E-state index contributed by atoms with van der Waals surface area (Å²) in [6.45, 7) is 5.55. The summed E-state index contributed by atoms with van der Waals surface area (Å²) in [7, 11) is 0. The van der Waals surface area contributed by atoms with Crippen LogP contribution < -0.4 is 5.73 Å². The van der Waals surface area contributed by atoms with Gasteiger partial charge in [0, 0.05) is 5.69 Å². The zero-order valence-electron chi connectivity index (χ0n) is 11.0. The van der Waals surface area contributed by atoms with Crippen LogP contribution in [-0.4, -0.2) is 30.8 Å². The maximum atomic E-state index is 11.1. The lowest BCUT2D eigenvalue weighted by atomic mass is 10.2. The van der Waals surface area contributed by atoms with Gasteiger partial charge < -0.3 is 10.8 Å². The summed E-state index contributed by atoms with van der Waals surface area (Å²) in [6.07, 6.45) is 0.459. The van der Waals surface area contributed by atoms with Gasteiger partial charge in [-0.15, -0.1) is 0 Å². The summed E-state index contributed by atoms with van der Waals surface area (Å²) >= 11 is 0. The van der Waals surface area contributed by atoms with Crippen molar-refractivity contribution in [2.24, 2.45) is 0 Å². The Bertz CT molecular complexity index is 648. The van der Waals surface area contributed by atoms with E-state index in [1.165, 1.54) is 0 Å². The molecule has 19 heavy (non-hydrogen) atoms. The minimum absolute atomic E-state index is 0.0345. The summed E-state index contributed by atoms with van der Waals surface area (Å²) in [6, 6.07) is 1.89. The molecule has 0 atom stereocenters. The third-order valence-corrected chi connectivity index (χ3v) is 2.75. The van der Waals surface area contributed by atoms with Crippen LogP contribution in [0, 0.1) is 13.8 Å². The molecular formula is C12H15N5O2.